The van der Waals surface area contributed by atoms with Crippen molar-refractivity contribution in [3.8, 4) is 17.2 Å². The van der Waals surface area contributed by atoms with Crippen molar-refractivity contribution in [1.29, 1.82) is 0 Å². The molecule has 1 aliphatic heterocycles. The minimum atomic E-state index is -3.60. The lowest BCUT2D eigenvalue weighted by Gasteiger charge is -2.31. The maximum Gasteiger partial charge on any atom is 0.243 e. The molecule has 8 nitrogen and oxygen atoms in total. The highest BCUT2D eigenvalue weighted by atomic mass is 32.2. The van der Waals surface area contributed by atoms with E-state index in [2.05, 4.69) is 5.32 Å². The summed E-state index contributed by atoms with van der Waals surface area (Å²) in [6, 6.07) is 11.8. The maximum atomic E-state index is 13.0. The Kier molecular flexibility index (Phi) is 8.20. The van der Waals surface area contributed by atoms with Crippen LogP contribution >= 0.6 is 0 Å². The topological polar surface area (TPSA) is 94.2 Å². The molecule has 0 spiro atoms. The van der Waals surface area contributed by atoms with E-state index in [-0.39, 0.29) is 22.8 Å². The Morgan fingerprint density at radius 3 is 2.18 bits per heavy atom. The third-order valence-electron chi connectivity index (χ3n) is 6.06. The minimum absolute atomic E-state index is 0.0573. The van der Waals surface area contributed by atoms with Gasteiger partial charge in [0.25, 0.3) is 0 Å². The fraction of sp³-hybridized carbons (Fsp3) is 0.458. The zero-order valence-electron chi connectivity index (χ0n) is 19.5. The molecule has 1 saturated heterocycles. The van der Waals surface area contributed by atoms with E-state index in [1.54, 1.807) is 38.5 Å². The number of carbonyl (C=O) groups is 1. The van der Waals surface area contributed by atoms with Crippen molar-refractivity contribution in [2.24, 2.45) is 5.92 Å². The van der Waals surface area contributed by atoms with Crippen molar-refractivity contribution in [2.45, 2.75) is 37.1 Å². The monoisotopic (exact) mass is 476 g/mol. The van der Waals surface area contributed by atoms with Crippen LogP contribution < -0.4 is 19.5 Å². The first-order valence-electron chi connectivity index (χ1n) is 11.0. The van der Waals surface area contributed by atoms with Gasteiger partial charge >= 0.3 is 0 Å². The van der Waals surface area contributed by atoms with Crippen LogP contribution in [-0.2, 0) is 14.8 Å². The van der Waals surface area contributed by atoms with E-state index in [4.69, 9.17) is 14.2 Å². The molecule has 2 aromatic carbocycles. The van der Waals surface area contributed by atoms with Gasteiger partial charge in [-0.25, -0.2) is 8.42 Å². The van der Waals surface area contributed by atoms with Crippen molar-refractivity contribution in [1.82, 2.24) is 9.62 Å². The normalized spacial score (nSPS) is 16.1. The Morgan fingerprint density at radius 1 is 1.00 bits per heavy atom. The quantitative estimate of drug-likeness (QED) is 0.596. The van der Waals surface area contributed by atoms with Gasteiger partial charge in [-0.1, -0.05) is 13.0 Å². The molecule has 3 rings (SSSR count). The number of rotatable bonds is 9. The van der Waals surface area contributed by atoms with E-state index in [1.165, 1.54) is 11.4 Å². The summed E-state index contributed by atoms with van der Waals surface area (Å²) in [4.78, 5) is 13.2. The summed E-state index contributed by atoms with van der Waals surface area (Å²) >= 11 is 0. The molecule has 1 amide bonds. The number of amides is 1. The van der Waals surface area contributed by atoms with Gasteiger partial charge in [-0.2, -0.15) is 4.31 Å². The fourth-order valence-electron chi connectivity index (χ4n) is 4.04. The third-order valence-corrected chi connectivity index (χ3v) is 7.97. The number of carbonyl (C=O) groups excluding carboxylic acids is 1. The van der Waals surface area contributed by atoms with E-state index < -0.39 is 10.0 Å². The Bertz CT molecular complexity index is 1050. The van der Waals surface area contributed by atoms with Crippen molar-refractivity contribution >= 4 is 15.9 Å². The number of benzene rings is 2. The average Bonchev–Trinajstić information content (AvgIpc) is 2.86. The van der Waals surface area contributed by atoms with Crippen molar-refractivity contribution in [2.75, 3.05) is 34.4 Å². The molecule has 1 atom stereocenters. The van der Waals surface area contributed by atoms with E-state index in [9.17, 15) is 13.2 Å². The van der Waals surface area contributed by atoms with Gasteiger partial charge < -0.3 is 19.5 Å². The van der Waals surface area contributed by atoms with Crippen LogP contribution in [0.3, 0.4) is 0 Å². The summed E-state index contributed by atoms with van der Waals surface area (Å²) in [6.45, 7) is 2.62. The zero-order valence-corrected chi connectivity index (χ0v) is 20.4. The molecule has 1 fully saturated rings. The molecule has 9 heteroatoms. The molecular weight excluding hydrogens is 444 g/mol. The fourth-order valence-corrected chi connectivity index (χ4v) is 5.51. The van der Waals surface area contributed by atoms with Crippen LogP contribution in [0.4, 0.5) is 0 Å². The number of piperidine rings is 1. The van der Waals surface area contributed by atoms with Gasteiger partial charge in [-0.15, -0.1) is 0 Å². The Balaban J connectivity index is 1.62. The molecule has 2 aromatic rings. The van der Waals surface area contributed by atoms with Gasteiger partial charge in [0.1, 0.15) is 5.75 Å². The van der Waals surface area contributed by atoms with Gasteiger partial charge in [0.15, 0.2) is 11.5 Å². The third kappa shape index (κ3) is 5.59. The SMILES string of the molecule is CC[C@@H](NC(=O)C1CCN(S(=O)(=O)c2ccc(OC)cc2)CC1)c1ccc(OC)c(OC)c1. The molecule has 1 heterocycles. The number of sulfonamides is 1. The van der Waals surface area contributed by atoms with Crippen LogP contribution in [0.5, 0.6) is 17.2 Å². The number of ether oxygens (including phenoxy) is 3. The first kappa shape index (κ1) is 24.9. The second-order valence-corrected chi connectivity index (χ2v) is 9.88. The number of nitrogens with one attached hydrogen (secondary N) is 1. The summed E-state index contributed by atoms with van der Waals surface area (Å²) in [7, 11) is 1.09. The van der Waals surface area contributed by atoms with E-state index in [0.717, 1.165) is 5.56 Å². The van der Waals surface area contributed by atoms with Gasteiger partial charge in [0, 0.05) is 19.0 Å². The molecule has 1 N–H and O–H groups in total. The Hall–Kier alpha value is -2.78. The number of methoxy groups -OCH3 is 3. The predicted molar refractivity (Wildman–Crippen MR) is 125 cm³/mol. The first-order chi connectivity index (χ1) is 15.8. The molecule has 1 aliphatic rings. The number of hydrogen-bond donors (Lipinski definition) is 1. The highest BCUT2D eigenvalue weighted by Crippen LogP contribution is 2.31. The van der Waals surface area contributed by atoms with E-state index in [1.807, 2.05) is 25.1 Å². The van der Waals surface area contributed by atoms with E-state index in [0.29, 0.717) is 49.6 Å². The molecule has 0 unspecified atom stereocenters. The molecule has 0 saturated carbocycles. The molecule has 0 radical (unpaired) electrons. The van der Waals surface area contributed by atoms with Crippen molar-refractivity contribution in [3.05, 3.63) is 48.0 Å². The largest absolute Gasteiger partial charge is 0.497 e. The summed E-state index contributed by atoms with van der Waals surface area (Å²) in [5, 5.41) is 3.12. The van der Waals surface area contributed by atoms with Gasteiger partial charge in [-0.05, 0) is 61.2 Å². The van der Waals surface area contributed by atoms with Crippen molar-refractivity contribution < 1.29 is 27.4 Å². The lowest BCUT2D eigenvalue weighted by Crippen LogP contribution is -2.43. The number of nitrogens with zero attached hydrogens (tertiary/aromatic N) is 1. The lowest BCUT2D eigenvalue weighted by molar-refractivity contribution is -0.126. The van der Waals surface area contributed by atoms with Crippen LogP contribution in [0.1, 0.15) is 37.8 Å². The summed E-state index contributed by atoms with van der Waals surface area (Å²) in [5.41, 5.74) is 0.933. The zero-order chi connectivity index (χ0) is 24.0. The summed E-state index contributed by atoms with van der Waals surface area (Å²) in [5.74, 6) is 1.55. The standard InChI is InChI=1S/C24H32N2O6S/c1-5-21(18-6-11-22(31-3)23(16-18)32-4)25-24(27)17-12-14-26(15-13-17)33(28,29)20-9-7-19(30-2)8-10-20/h6-11,16-17,21H,5,12-15H2,1-4H3,(H,25,27)/t21-/m1/s1. The molecule has 0 aromatic heterocycles. The molecule has 0 aliphatic carbocycles. The Morgan fingerprint density at radius 2 is 1.64 bits per heavy atom. The summed E-state index contributed by atoms with van der Waals surface area (Å²) in [6.07, 6.45) is 1.67. The minimum Gasteiger partial charge on any atom is -0.497 e. The Labute approximate surface area is 195 Å². The second kappa shape index (κ2) is 10.9. The van der Waals surface area contributed by atoms with Crippen LogP contribution in [0.2, 0.25) is 0 Å². The second-order valence-electron chi connectivity index (χ2n) is 7.94. The van der Waals surface area contributed by atoms with E-state index >= 15 is 0 Å². The smallest absolute Gasteiger partial charge is 0.243 e. The van der Waals surface area contributed by atoms with Crippen LogP contribution in [0.25, 0.3) is 0 Å². The van der Waals surface area contributed by atoms with Crippen molar-refractivity contribution in [3.63, 3.8) is 0 Å². The predicted octanol–water partition coefficient (Wildman–Crippen LogP) is 3.38. The summed E-state index contributed by atoms with van der Waals surface area (Å²) < 4.78 is 43.1. The highest BCUT2D eigenvalue weighted by molar-refractivity contribution is 7.89. The first-order valence-corrected chi connectivity index (χ1v) is 12.4. The van der Waals surface area contributed by atoms with Gasteiger partial charge in [0.2, 0.25) is 15.9 Å². The van der Waals surface area contributed by atoms with Crippen LogP contribution in [0, 0.1) is 5.92 Å². The lowest BCUT2D eigenvalue weighted by atomic mass is 9.95. The highest BCUT2D eigenvalue weighted by Gasteiger charge is 2.32. The molecule has 33 heavy (non-hydrogen) atoms. The van der Waals surface area contributed by atoms with Crippen LogP contribution in [-0.4, -0.2) is 53.0 Å². The molecule has 180 valence electrons. The molecule has 0 bridgehead atoms. The van der Waals surface area contributed by atoms with Crippen LogP contribution in [0.15, 0.2) is 47.4 Å². The number of hydrogen-bond acceptors (Lipinski definition) is 6. The average molecular weight is 477 g/mol. The molecular formula is C24H32N2O6S. The van der Waals surface area contributed by atoms with Gasteiger partial charge in [-0.3, -0.25) is 4.79 Å². The maximum absolute atomic E-state index is 13.0. The van der Waals surface area contributed by atoms with Gasteiger partial charge in [0.05, 0.1) is 32.3 Å².